The average Bonchev–Trinajstić information content (AvgIpc) is 3.23. The van der Waals surface area contributed by atoms with Gasteiger partial charge in [-0.15, -0.1) is 0 Å². The summed E-state index contributed by atoms with van der Waals surface area (Å²) in [6.07, 6.45) is -0.839. The summed E-state index contributed by atoms with van der Waals surface area (Å²) in [4.78, 5) is 14.3. The van der Waals surface area contributed by atoms with Crippen molar-refractivity contribution in [3.8, 4) is 11.4 Å². The van der Waals surface area contributed by atoms with Crippen LogP contribution in [0.4, 0.5) is 18.9 Å². The third-order valence-corrected chi connectivity index (χ3v) is 4.96. The number of nitrogens with zero attached hydrogens (tertiary/aromatic N) is 2. The first-order valence-electron chi connectivity index (χ1n) is 9.30. The molecule has 1 aromatic heterocycles. The van der Waals surface area contributed by atoms with Gasteiger partial charge in [0.15, 0.2) is 0 Å². The molecule has 0 amide bonds. The molecule has 0 N–H and O–H groups in total. The number of carbonyl (C=O) groups excluding carboxylic acids is 1. The highest BCUT2D eigenvalue weighted by molar-refractivity contribution is 5.96. The van der Waals surface area contributed by atoms with Gasteiger partial charge in [0.1, 0.15) is 11.9 Å². The van der Waals surface area contributed by atoms with Gasteiger partial charge in [-0.3, -0.25) is 0 Å². The third-order valence-electron chi connectivity index (χ3n) is 4.96. The van der Waals surface area contributed by atoms with Crippen LogP contribution in [0.1, 0.15) is 15.9 Å². The van der Waals surface area contributed by atoms with E-state index in [1.54, 1.807) is 12.1 Å². The number of benzene rings is 2. The molecule has 1 aliphatic rings. The summed E-state index contributed by atoms with van der Waals surface area (Å²) in [6.45, 7) is 1.08. The predicted molar refractivity (Wildman–Crippen MR) is 105 cm³/mol. The fourth-order valence-electron chi connectivity index (χ4n) is 3.44. The quantitative estimate of drug-likeness (QED) is 0.573. The van der Waals surface area contributed by atoms with Crippen LogP contribution in [0.25, 0.3) is 5.69 Å². The molecule has 1 saturated heterocycles. The number of para-hydroxylation sites is 1. The Morgan fingerprint density at radius 1 is 1.00 bits per heavy atom. The second kappa shape index (κ2) is 7.78. The van der Waals surface area contributed by atoms with Gasteiger partial charge in [-0.05, 0) is 48.5 Å². The summed E-state index contributed by atoms with van der Waals surface area (Å²) in [6, 6.07) is 13.8. The Morgan fingerprint density at radius 2 is 1.67 bits per heavy atom. The first-order chi connectivity index (χ1) is 14.4. The number of halogens is 3. The largest absolute Gasteiger partial charge is 0.487 e. The maximum absolute atomic E-state index is 12.7. The van der Waals surface area contributed by atoms with Crippen LogP contribution in [0.3, 0.4) is 0 Å². The molecule has 156 valence electrons. The topological polar surface area (TPSA) is 43.7 Å². The molecular weight excluding hydrogens is 397 g/mol. The van der Waals surface area contributed by atoms with Crippen molar-refractivity contribution in [2.75, 3.05) is 25.1 Å². The van der Waals surface area contributed by atoms with E-state index in [-0.39, 0.29) is 6.10 Å². The second-order valence-corrected chi connectivity index (χ2v) is 6.92. The van der Waals surface area contributed by atoms with Gasteiger partial charge in [0.25, 0.3) is 0 Å². The Labute approximate surface area is 171 Å². The van der Waals surface area contributed by atoms with Gasteiger partial charge in [0.05, 0.1) is 42.7 Å². The summed E-state index contributed by atoms with van der Waals surface area (Å²) in [5.41, 5.74) is 1.29. The van der Waals surface area contributed by atoms with Crippen molar-refractivity contribution >= 4 is 11.7 Å². The fraction of sp³-hybridized carbons (Fsp3) is 0.227. The van der Waals surface area contributed by atoms with Gasteiger partial charge in [-0.2, -0.15) is 13.2 Å². The molecule has 0 atom stereocenters. The van der Waals surface area contributed by atoms with Crippen LogP contribution < -0.4 is 9.64 Å². The smallest absolute Gasteiger partial charge is 0.416 e. The Kier molecular flexibility index (Phi) is 5.15. The van der Waals surface area contributed by atoms with Crippen LogP contribution in [0.15, 0.2) is 67.0 Å². The van der Waals surface area contributed by atoms with E-state index < -0.39 is 17.7 Å². The molecule has 0 bridgehead atoms. The molecule has 0 radical (unpaired) electrons. The minimum Gasteiger partial charge on any atom is -0.487 e. The highest BCUT2D eigenvalue weighted by atomic mass is 19.4. The van der Waals surface area contributed by atoms with Crippen LogP contribution in [-0.4, -0.2) is 36.8 Å². The highest BCUT2D eigenvalue weighted by Crippen LogP contribution is 2.34. The normalized spacial score (nSPS) is 14.3. The minimum atomic E-state index is -4.37. The number of rotatable bonds is 5. The van der Waals surface area contributed by atoms with Gasteiger partial charge < -0.3 is 18.9 Å². The van der Waals surface area contributed by atoms with Gasteiger partial charge in [-0.25, -0.2) is 4.79 Å². The van der Waals surface area contributed by atoms with Gasteiger partial charge in [0.2, 0.25) is 0 Å². The lowest BCUT2D eigenvalue weighted by Gasteiger charge is -2.41. The number of hydrogen-bond donors (Lipinski definition) is 0. The SMILES string of the molecule is COC(=O)c1cccc(N2CC(Oc3ccc(C(F)(F)F)cc3)C2)c1-n1cccc1. The van der Waals surface area contributed by atoms with E-state index in [1.807, 2.05) is 35.2 Å². The molecule has 0 unspecified atom stereocenters. The Bertz CT molecular complexity index is 1020. The number of alkyl halides is 3. The monoisotopic (exact) mass is 416 g/mol. The molecule has 5 nitrogen and oxygen atoms in total. The van der Waals surface area contributed by atoms with Crippen LogP contribution in [0.5, 0.6) is 5.75 Å². The highest BCUT2D eigenvalue weighted by Gasteiger charge is 2.33. The second-order valence-electron chi connectivity index (χ2n) is 6.92. The van der Waals surface area contributed by atoms with Gasteiger partial charge >= 0.3 is 12.1 Å². The van der Waals surface area contributed by atoms with E-state index in [9.17, 15) is 18.0 Å². The van der Waals surface area contributed by atoms with Gasteiger partial charge in [0, 0.05) is 12.4 Å². The fourth-order valence-corrected chi connectivity index (χ4v) is 3.44. The van der Waals surface area contributed by atoms with Crippen LogP contribution >= 0.6 is 0 Å². The number of hydrogen-bond acceptors (Lipinski definition) is 4. The maximum atomic E-state index is 12.7. The molecule has 30 heavy (non-hydrogen) atoms. The lowest BCUT2D eigenvalue weighted by atomic mass is 10.1. The van der Waals surface area contributed by atoms with E-state index in [0.717, 1.165) is 17.8 Å². The summed E-state index contributed by atoms with van der Waals surface area (Å²) < 4.78 is 50.6. The number of methoxy groups -OCH3 is 1. The van der Waals surface area contributed by atoms with E-state index in [4.69, 9.17) is 9.47 Å². The van der Waals surface area contributed by atoms with Crippen molar-refractivity contribution in [2.45, 2.75) is 12.3 Å². The van der Waals surface area contributed by atoms with E-state index in [0.29, 0.717) is 30.1 Å². The molecule has 0 spiro atoms. The Morgan fingerprint density at radius 3 is 2.27 bits per heavy atom. The number of ether oxygens (including phenoxy) is 2. The van der Waals surface area contributed by atoms with Crippen LogP contribution in [-0.2, 0) is 10.9 Å². The zero-order valence-electron chi connectivity index (χ0n) is 16.1. The van der Waals surface area contributed by atoms with Crippen molar-refractivity contribution in [1.29, 1.82) is 0 Å². The van der Waals surface area contributed by atoms with Gasteiger partial charge in [-0.1, -0.05) is 6.07 Å². The standard InChI is InChI=1S/C22H19F3N2O3/c1-29-21(28)18-5-4-6-19(20(18)26-11-2-3-12-26)27-13-17(14-27)30-16-9-7-15(8-10-16)22(23,24)25/h2-12,17H,13-14H2,1H3. The summed E-state index contributed by atoms with van der Waals surface area (Å²) in [7, 11) is 1.34. The third kappa shape index (κ3) is 3.85. The number of aromatic nitrogens is 1. The lowest BCUT2D eigenvalue weighted by Crippen LogP contribution is -2.54. The molecule has 3 aromatic rings. The lowest BCUT2D eigenvalue weighted by molar-refractivity contribution is -0.137. The molecule has 8 heteroatoms. The Balaban J connectivity index is 1.50. The number of esters is 1. The molecule has 4 rings (SSSR count). The van der Waals surface area contributed by atoms with Crippen molar-refractivity contribution in [2.24, 2.45) is 0 Å². The van der Waals surface area contributed by atoms with Crippen molar-refractivity contribution < 1.29 is 27.4 Å². The zero-order chi connectivity index (χ0) is 21.3. The summed E-state index contributed by atoms with van der Waals surface area (Å²) in [5.74, 6) is -0.0415. The molecule has 2 heterocycles. The molecule has 2 aromatic carbocycles. The minimum absolute atomic E-state index is 0.166. The summed E-state index contributed by atoms with van der Waals surface area (Å²) in [5, 5.41) is 0. The molecular formula is C22H19F3N2O3. The number of anilines is 1. The average molecular weight is 416 g/mol. The van der Waals surface area contributed by atoms with E-state index in [1.165, 1.54) is 19.2 Å². The van der Waals surface area contributed by atoms with Crippen LogP contribution in [0, 0.1) is 0 Å². The molecule has 1 fully saturated rings. The van der Waals surface area contributed by atoms with Crippen molar-refractivity contribution in [3.63, 3.8) is 0 Å². The van der Waals surface area contributed by atoms with Crippen LogP contribution in [0.2, 0.25) is 0 Å². The molecule has 1 aliphatic heterocycles. The maximum Gasteiger partial charge on any atom is 0.416 e. The molecule has 0 saturated carbocycles. The number of carbonyl (C=O) groups is 1. The van der Waals surface area contributed by atoms with Crippen molar-refractivity contribution in [1.82, 2.24) is 4.57 Å². The first kappa shape index (κ1) is 19.9. The zero-order valence-corrected chi connectivity index (χ0v) is 16.1. The van der Waals surface area contributed by atoms with Crippen molar-refractivity contribution in [3.05, 3.63) is 78.1 Å². The molecule has 0 aliphatic carbocycles. The Hall–Kier alpha value is -3.42. The predicted octanol–water partition coefficient (Wildman–Crippen LogP) is 4.55. The summed E-state index contributed by atoms with van der Waals surface area (Å²) >= 11 is 0. The van der Waals surface area contributed by atoms with E-state index in [2.05, 4.69) is 4.90 Å². The van der Waals surface area contributed by atoms with E-state index >= 15 is 0 Å². The first-order valence-corrected chi connectivity index (χ1v) is 9.30.